The molecule has 0 bridgehead atoms. The number of nitrogens with zero attached hydrogens (tertiary/aromatic N) is 2. The maximum absolute atomic E-state index is 8.71. The molecule has 5 heteroatoms. The third-order valence-corrected chi connectivity index (χ3v) is 1.77. The molecule has 0 aromatic carbocycles. The fourth-order valence-electron chi connectivity index (χ4n) is 0.884. The molecule has 1 rings (SSSR count). The topological polar surface area (TPSA) is 78.5 Å². The Labute approximate surface area is 81.9 Å². The molecule has 4 nitrogen and oxygen atoms in total. The molecule has 0 amide bonds. The van der Waals surface area contributed by atoms with Gasteiger partial charge < -0.3 is 5.73 Å². The third-order valence-electron chi connectivity index (χ3n) is 1.51. The lowest BCUT2D eigenvalue weighted by molar-refractivity contribution is 1.08. The van der Waals surface area contributed by atoms with Gasteiger partial charge in [0, 0.05) is 0 Å². The van der Waals surface area contributed by atoms with Gasteiger partial charge in [0.2, 0.25) is 0 Å². The fraction of sp³-hybridized carbons (Fsp3) is 0.250. The first-order valence-electron chi connectivity index (χ1n) is 3.81. The number of aromatic nitrogens is 2. The average Bonchev–Trinajstić information content (AvgIpc) is 2.47. The number of anilines is 1. The van der Waals surface area contributed by atoms with Crippen LogP contribution in [-0.2, 0) is 0 Å². The summed E-state index contributed by atoms with van der Waals surface area (Å²) in [7, 11) is 0. The van der Waals surface area contributed by atoms with E-state index in [1.807, 2.05) is 12.1 Å². The van der Waals surface area contributed by atoms with Gasteiger partial charge in [-0.05, 0) is 18.2 Å². The highest BCUT2D eigenvalue weighted by Gasteiger charge is 2.05. The Hall–Kier alpha value is -1.41. The van der Waals surface area contributed by atoms with E-state index in [0.29, 0.717) is 11.3 Å². The van der Waals surface area contributed by atoms with Crippen LogP contribution in [0.15, 0.2) is 6.08 Å². The second kappa shape index (κ2) is 4.58. The lowest BCUT2D eigenvalue weighted by Gasteiger charge is -1.87. The van der Waals surface area contributed by atoms with Crippen LogP contribution >= 0.6 is 12.6 Å². The average molecular weight is 194 g/mol. The molecule has 1 heterocycles. The first-order chi connectivity index (χ1) is 6.29. The summed E-state index contributed by atoms with van der Waals surface area (Å²) in [6.45, 7) is 0. The largest absolute Gasteiger partial charge is 0.381 e. The zero-order chi connectivity index (χ0) is 9.68. The zero-order valence-corrected chi connectivity index (χ0v) is 7.88. The van der Waals surface area contributed by atoms with Crippen molar-refractivity contribution in [3.63, 3.8) is 0 Å². The van der Waals surface area contributed by atoms with Crippen LogP contribution in [0.5, 0.6) is 0 Å². The molecule has 3 N–H and O–H groups in total. The molecule has 0 saturated carbocycles. The van der Waals surface area contributed by atoms with Crippen molar-refractivity contribution in [2.75, 3.05) is 11.5 Å². The molecule has 0 saturated heterocycles. The molecule has 68 valence electrons. The first kappa shape index (κ1) is 9.68. The molecule has 1 aromatic rings. The van der Waals surface area contributed by atoms with Crippen molar-refractivity contribution in [3.05, 3.63) is 17.3 Å². The minimum Gasteiger partial charge on any atom is -0.381 e. The number of aromatic amines is 1. The zero-order valence-electron chi connectivity index (χ0n) is 6.99. The summed E-state index contributed by atoms with van der Waals surface area (Å²) in [5.74, 6) is 1.02. The van der Waals surface area contributed by atoms with Gasteiger partial charge in [-0.2, -0.15) is 23.0 Å². The summed E-state index contributed by atoms with van der Waals surface area (Å²) in [4.78, 5) is 0. The van der Waals surface area contributed by atoms with E-state index in [-0.39, 0.29) is 5.82 Å². The molecule has 0 unspecified atom stereocenters. The highest BCUT2D eigenvalue weighted by Crippen LogP contribution is 2.13. The highest BCUT2D eigenvalue weighted by molar-refractivity contribution is 7.80. The van der Waals surface area contributed by atoms with Gasteiger partial charge in [-0.25, -0.2) is 0 Å². The van der Waals surface area contributed by atoms with E-state index in [2.05, 4.69) is 22.8 Å². The molecule has 0 atom stereocenters. The van der Waals surface area contributed by atoms with E-state index in [0.717, 1.165) is 12.2 Å². The molecule has 0 spiro atoms. The summed E-state index contributed by atoms with van der Waals surface area (Å²) in [5.41, 5.74) is 6.50. The van der Waals surface area contributed by atoms with Crippen molar-refractivity contribution in [2.24, 2.45) is 0 Å². The number of rotatable bonds is 3. The molecule has 0 radical (unpaired) electrons. The number of hydrogen-bond donors (Lipinski definition) is 3. The number of H-pyrrole nitrogens is 1. The second-order valence-electron chi connectivity index (χ2n) is 2.42. The van der Waals surface area contributed by atoms with Gasteiger partial charge >= 0.3 is 0 Å². The molecule has 0 aliphatic carbocycles. The Morgan fingerprint density at radius 1 is 1.69 bits per heavy atom. The SMILES string of the molecule is N#Cc1c(N)n[nH]c1C=CCCS. The number of thiol groups is 1. The van der Waals surface area contributed by atoms with E-state index in [9.17, 15) is 0 Å². The van der Waals surface area contributed by atoms with E-state index >= 15 is 0 Å². The lowest BCUT2D eigenvalue weighted by atomic mass is 10.2. The third kappa shape index (κ3) is 2.26. The summed E-state index contributed by atoms with van der Waals surface area (Å²) in [6.07, 6.45) is 4.56. The van der Waals surface area contributed by atoms with Crippen molar-refractivity contribution >= 4 is 24.5 Å². The van der Waals surface area contributed by atoms with Crippen LogP contribution in [0.1, 0.15) is 17.7 Å². The van der Waals surface area contributed by atoms with E-state index in [4.69, 9.17) is 11.0 Å². The highest BCUT2D eigenvalue weighted by atomic mass is 32.1. The number of nitriles is 1. The van der Waals surface area contributed by atoms with Gasteiger partial charge in [0.05, 0.1) is 5.69 Å². The maximum atomic E-state index is 8.71. The predicted molar refractivity (Wildman–Crippen MR) is 55.2 cm³/mol. The minimum atomic E-state index is 0.244. The molecular weight excluding hydrogens is 184 g/mol. The van der Waals surface area contributed by atoms with Gasteiger partial charge in [0.1, 0.15) is 11.6 Å². The van der Waals surface area contributed by atoms with Crippen molar-refractivity contribution in [1.82, 2.24) is 10.2 Å². The number of allylic oxidation sites excluding steroid dienone is 1. The molecule has 0 aliphatic heterocycles. The van der Waals surface area contributed by atoms with Crippen LogP contribution < -0.4 is 5.73 Å². The second-order valence-corrected chi connectivity index (χ2v) is 2.87. The quantitative estimate of drug-likeness (QED) is 0.632. The molecule has 0 fully saturated rings. The monoisotopic (exact) mass is 194 g/mol. The van der Waals surface area contributed by atoms with Gasteiger partial charge in [0.15, 0.2) is 5.82 Å². The Morgan fingerprint density at radius 3 is 3.08 bits per heavy atom. The smallest absolute Gasteiger partial charge is 0.163 e. The van der Waals surface area contributed by atoms with Crippen molar-refractivity contribution < 1.29 is 0 Å². The van der Waals surface area contributed by atoms with Crippen LogP contribution in [-0.4, -0.2) is 16.0 Å². The number of nitrogens with one attached hydrogen (secondary N) is 1. The Bertz CT molecular complexity index is 348. The Kier molecular flexibility index (Phi) is 3.41. The summed E-state index contributed by atoms with van der Waals surface area (Å²) < 4.78 is 0. The van der Waals surface area contributed by atoms with Crippen LogP contribution in [0.25, 0.3) is 6.08 Å². The number of nitrogen functional groups attached to an aromatic ring is 1. The first-order valence-corrected chi connectivity index (χ1v) is 4.44. The predicted octanol–water partition coefficient (Wildman–Crippen LogP) is 1.20. The van der Waals surface area contributed by atoms with Crippen molar-refractivity contribution in [3.8, 4) is 6.07 Å². The van der Waals surface area contributed by atoms with Crippen molar-refractivity contribution in [2.45, 2.75) is 6.42 Å². The molecular formula is C8H10N4S. The Morgan fingerprint density at radius 2 is 2.46 bits per heavy atom. The van der Waals surface area contributed by atoms with Crippen LogP contribution in [0, 0.1) is 11.3 Å². The van der Waals surface area contributed by atoms with Gasteiger partial charge in [-0.3, -0.25) is 5.10 Å². The number of hydrogen-bond acceptors (Lipinski definition) is 4. The standard InChI is InChI=1S/C8H10N4S/c9-5-6-7(3-1-2-4-13)11-12-8(6)10/h1,3,13H,2,4H2,(H3,10,11,12). The van der Waals surface area contributed by atoms with E-state index < -0.39 is 0 Å². The van der Waals surface area contributed by atoms with Crippen LogP contribution in [0.4, 0.5) is 5.82 Å². The van der Waals surface area contributed by atoms with Gasteiger partial charge in [-0.1, -0.05) is 6.08 Å². The maximum Gasteiger partial charge on any atom is 0.163 e. The summed E-state index contributed by atoms with van der Waals surface area (Å²) in [5, 5.41) is 15.1. The van der Waals surface area contributed by atoms with E-state index in [1.54, 1.807) is 6.08 Å². The minimum absolute atomic E-state index is 0.244. The van der Waals surface area contributed by atoms with Gasteiger partial charge in [0.25, 0.3) is 0 Å². The normalized spacial score (nSPS) is 10.5. The molecule has 0 aliphatic rings. The van der Waals surface area contributed by atoms with Gasteiger partial charge in [-0.15, -0.1) is 0 Å². The summed E-state index contributed by atoms with van der Waals surface area (Å²) >= 11 is 4.05. The van der Waals surface area contributed by atoms with Crippen LogP contribution in [0.2, 0.25) is 0 Å². The van der Waals surface area contributed by atoms with E-state index in [1.165, 1.54) is 0 Å². The Balaban J connectivity index is 2.84. The lowest BCUT2D eigenvalue weighted by Crippen LogP contribution is -1.87. The van der Waals surface area contributed by atoms with Crippen LogP contribution in [0.3, 0.4) is 0 Å². The van der Waals surface area contributed by atoms with Crippen molar-refractivity contribution in [1.29, 1.82) is 5.26 Å². The molecule has 13 heavy (non-hydrogen) atoms. The summed E-state index contributed by atoms with van der Waals surface area (Å²) in [6, 6.07) is 1.98. The molecule has 1 aromatic heterocycles. The number of nitrogens with two attached hydrogens (primary N) is 1. The fourth-order valence-corrected chi connectivity index (χ4v) is 1.03.